The Morgan fingerprint density at radius 3 is 2.60 bits per heavy atom. The zero-order valence-electron chi connectivity index (χ0n) is 11.0. The molecule has 0 atom stereocenters. The minimum Gasteiger partial charge on any atom is -0.508 e. The monoisotopic (exact) mass is 282 g/mol. The van der Waals surface area contributed by atoms with Crippen molar-refractivity contribution in [3.8, 4) is 17.0 Å². The fourth-order valence-electron chi connectivity index (χ4n) is 2.01. The lowest BCUT2D eigenvalue weighted by molar-refractivity contribution is 0.475. The van der Waals surface area contributed by atoms with E-state index < -0.39 is 0 Å². The Morgan fingerprint density at radius 2 is 1.85 bits per heavy atom. The van der Waals surface area contributed by atoms with E-state index in [-0.39, 0.29) is 5.75 Å². The van der Waals surface area contributed by atoms with Crippen LogP contribution in [0.2, 0.25) is 0 Å². The average molecular weight is 282 g/mol. The molecule has 0 saturated carbocycles. The van der Waals surface area contributed by atoms with E-state index in [1.807, 2.05) is 31.3 Å². The predicted molar refractivity (Wildman–Crippen MR) is 82.1 cm³/mol. The van der Waals surface area contributed by atoms with Gasteiger partial charge in [0.2, 0.25) is 0 Å². The van der Waals surface area contributed by atoms with E-state index in [9.17, 15) is 5.11 Å². The van der Waals surface area contributed by atoms with Crippen LogP contribution in [-0.4, -0.2) is 9.67 Å². The molecule has 0 radical (unpaired) electrons. The summed E-state index contributed by atoms with van der Waals surface area (Å²) in [4.78, 5) is 5.47. The van der Waals surface area contributed by atoms with Crippen LogP contribution in [0.5, 0.6) is 5.75 Å². The maximum Gasteiger partial charge on any atom is 0.190 e. The van der Waals surface area contributed by atoms with Crippen LogP contribution in [0.1, 0.15) is 0 Å². The fourth-order valence-corrected chi connectivity index (χ4v) is 2.94. The highest BCUT2D eigenvalue weighted by Crippen LogP contribution is 2.20. The molecule has 0 bridgehead atoms. The van der Waals surface area contributed by atoms with E-state index in [0.717, 1.165) is 16.2 Å². The van der Waals surface area contributed by atoms with Gasteiger partial charge in [-0.15, -0.1) is 11.3 Å². The number of phenols is 1. The third-order valence-corrected chi connectivity index (χ3v) is 3.97. The number of benzene rings is 2. The molecule has 20 heavy (non-hydrogen) atoms. The summed E-state index contributed by atoms with van der Waals surface area (Å²) in [5.41, 5.74) is 3.06. The molecule has 0 aliphatic carbocycles. The number of nitrogens with zero attached hydrogens (tertiary/aromatic N) is 2. The first-order valence-corrected chi connectivity index (χ1v) is 7.16. The molecule has 0 unspecified atom stereocenters. The maximum absolute atomic E-state index is 9.48. The lowest BCUT2D eigenvalue weighted by Crippen LogP contribution is -2.10. The number of rotatable bonds is 2. The third-order valence-electron chi connectivity index (χ3n) is 3.05. The molecule has 1 aromatic heterocycles. The maximum atomic E-state index is 9.48. The molecule has 1 heterocycles. The molecule has 100 valence electrons. The minimum absolute atomic E-state index is 0.230. The van der Waals surface area contributed by atoms with E-state index in [1.54, 1.807) is 29.5 Å². The van der Waals surface area contributed by atoms with E-state index in [1.165, 1.54) is 5.56 Å². The van der Waals surface area contributed by atoms with Crippen LogP contribution in [0.3, 0.4) is 0 Å². The summed E-state index contributed by atoms with van der Waals surface area (Å²) in [6.07, 6.45) is 0. The highest BCUT2D eigenvalue weighted by Gasteiger charge is 2.03. The number of aromatic hydroxyl groups is 1. The molecule has 0 aliphatic rings. The lowest BCUT2D eigenvalue weighted by atomic mass is 10.2. The zero-order chi connectivity index (χ0) is 13.9. The molecule has 0 fully saturated rings. The highest BCUT2D eigenvalue weighted by molar-refractivity contribution is 7.07. The van der Waals surface area contributed by atoms with Crippen LogP contribution in [0.15, 0.2) is 65.0 Å². The summed E-state index contributed by atoms with van der Waals surface area (Å²) in [7, 11) is 2.00. The minimum atomic E-state index is 0.230. The molecule has 4 heteroatoms. The number of thiazole rings is 1. The van der Waals surface area contributed by atoms with Crippen molar-refractivity contribution in [2.24, 2.45) is 12.0 Å². The third kappa shape index (κ3) is 2.51. The SMILES string of the molecule is Cn1c(-c2ccccc2)csc1=Nc1cccc(O)c1. The van der Waals surface area contributed by atoms with E-state index in [4.69, 9.17) is 0 Å². The van der Waals surface area contributed by atoms with Crippen molar-refractivity contribution in [1.29, 1.82) is 0 Å². The average Bonchev–Trinajstić information content (AvgIpc) is 2.81. The first-order chi connectivity index (χ1) is 9.74. The van der Waals surface area contributed by atoms with Gasteiger partial charge in [0.05, 0.1) is 11.4 Å². The van der Waals surface area contributed by atoms with Gasteiger partial charge in [0.25, 0.3) is 0 Å². The summed E-state index contributed by atoms with van der Waals surface area (Å²) in [6, 6.07) is 17.2. The van der Waals surface area contributed by atoms with Crippen molar-refractivity contribution in [1.82, 2.24) is 4.57 Å². The van der Waals surface area contributed by atoms with E-state index in [0.29, 0.717) is 0 Å². The van der Waals surface area contributed by atoms with E-state index in [2.05, 4.69) is 27.1 Å². The van der Waals surface area contributed by atoms with Crippen molar-refractivity contribution >= 4 is 17.0 Å². The summed E-state index contributed by atoms with van der Waals surface area (Å²) in [5.74, 6) is 0.230. The predicted octanol–water partition coefficient (Wildman–Crippen LogP) is 3.69. The van der Waals surface area contributed by atoms with Crippen molar-refractivity contribution in [3.05, 3.63) is 64.8 Å². The van der Waals surface area contributed by atoms with Gasteiger partial charge in [-0.05, 0) is 17.7 Å². The summed E-state index contributed by atoms with van der Waals surface area (Å²) in [5, 5.41) is 11.6. The van der Waals surface area contributed by atoms with Crippen molar-refractivity contribution in [2.45, 2.75) is 0 Å². The van der Waals surface area contributed by atoms with Gasteiger partial charge in [0.15, 0.2) is 4.80 Å². The Bertz CT molecular complexity index is 787. The van der Waals surface area contributed by atoms with Gasteiger partial charge in [-0.2, -0.15) is 0 Å². The van der Waals surface area contributed by atoms with Crippen molar-refractivity contribution < 1.29 is 5.11 Å². The zero-order valence-corrected chi connectivity index (χ0v) is 11.8. The van der Waals surface area contributed by atoms with Crippen LogP contribution in [-0.2, 0) is 7.05 Å². The van der Waals surface area contributed by atoms with Gasteiger partial charge in [-0.3, -0.25) is 0 Å². The molecule has 0 amide bonds. The standard InChI is InChI=1S/C16H14N2OS/c1-18-15(12-6-3-2-4-7-12)11-20-16(18)17-13-8-5-9-14(19)10-13/h2-11,19H,1H3. The second-order valence-electron chi connectivity index (χ2n) is 4.46. The van der Waals surface area contributed by atoms with Gasteiger partial charge >= 0.3 is 0 Å². The summed E-state index contributed by atoms with van der Waals surface area (Å²) in [6.45, 7) is 0. The molecular weight excluding hydrogens is 268 g/mol. The molecule has 3 aromatic rings. The summed E-state index contributed by atoms with van der Waals surface area (Å²) >= 11 is 1.59. The fraction of sp³-hybridized carbons (Fsp3) is 0.0625. The van der Waals surface area contributed by atoms with Crippen LogP contribution in [0.4, 0.5) is 5.69 Å². The number of aromatic nitrogens is 1. The second kappa shape index (κ2) is 5.35. The first kappa shape index (κ1) is 12.7. The number of hydrogen-bond donors (Lipinski definition) is 1. The van der Waals surface area contributed by atoms with E-state index >= 15 is 0 Å². The lowest BCUT2D eigenvalue weighted by Gasteiger charge is -2.02. The summed E-state index contributed by atoms with van der Waals surface area (Å²) < 4.78 is 2.06. The van der Waals surface area contributed by atoms with Crippen LogP contribution in [0, 0.1) is 0 Å². The Morgan fingerprint density at radius 1 is 1.05 bits per heavy atom. The molecule has 0 saturated heterocycles. The molecule has 0 spiro atoms. The van der Waals surface area contributed by atoms with Gasteiger partial charge in [-0.1, -0.05) is 36.4 Å². The molecule has 2 aromatic carbocycles. The number of hydrogen-bond acceptors (Lipinski definition) is 3. The quantitative estimate of drug-likeness (QED) is 0.764. The normalized spacial score (nSPS) is 11.8. The first-order valence-electron chi connectivity index (χ1n) is 6.28. The number of phenolic OH excluding ortho intramolecular Hbond substituents is 1. The van der Waals surface area contributed by atoms with Gasteiger partial charge in [-0.25, -0.2) is 4.99 Å². The van der Waals surface area contributed by atoms with Crippen molar-refractivity contribution in [3.63, 3.8) is 0 Å². The smallest absolute Gasteiger partial charge is 0.190 e. The Kier molecular flexibility index (Phi) is 3.39. The van der Waals surface area contributed by atoms with Gasteiger partial charge in [0.1, 0.15) is 5.75 Å². The van der Waals surface area contributed by atoms with Crippen LogP contribution < -0.4 is 4.80 Å². The topological polar surface area (TPSA) is 37.5 Å². The molecule has 3 nitrogen and oxygen atoms in total. The van der Waals surface area contributed by atoms with Gasteiger partial charge < -0.3 is 9.67 Å². The van der Waals surface area contributed by atoms with Gasteiger partial charge in [0, 0.05) is 18.5 Å². The molecular formula is C16H14N2OS. The van der Waals surface area contributed by atoms with Crippen LogP contribution in [0.25, 0.3) is 11.3 Å². The van der Waals surface area contributed by atoms with Crippen LogP contribution >= 0.6 is 11.3 Å². The second-order valence-corrected chi connectivity index (χ2v) is 5.30. The van der Waals surface area contributed by atoms with Crippen molar-refractivity contribution in [2.75, 3.05) is 0 Å². The highest BCUT2D eigenvalue weighted by atomic mass is 32.1. The Balaban J connectivity index is 2.07. The molecule has 0 aliphatic heterocycles. The largest absolute Gasteiger partial charge is 0.508 e. The Labute approximate surface area is 121 Å². The molecule has 3 rings (SSSR count). The molecule has 1 N–H and O–H groups in total. The Hall–Kier alpha value is -2.33.